The van der Waals surface area contributed by atoms with Crippen LogP contribution in [-0.2, 0) is 0 Å². The molecule has 1 rings (SSSR count). The minimum absolute atomic E-state index is 0.404. The molecule has 0 amide bonds. The molecular weight excluding hydrogens is 176 g/mol. The Morgan fingerprint density at radius 1 is 1.36 bits per heavy atom. The second-order valence-electron chi connectivity index (χ2n) is 3.96. The molecule has 0 saturated heterocycles. The smallest absolute Gasteiger partial charge is 0.0797 e. The Bertz CT molecular complexity index is 315. The lowest BCUT2D eigenvalue weighted by atomic mass is 10.1. The number of aromatic nitrogens is 2. The molecule has 0 aromatic carbocycles. The highest BCUT2D eigenvalue weighted by Crippen LogP contribution is 2.24. The van der Waals surface area contributed by atoms with Crippen molar-refractivity contribution >= 4 is 0 Å². The van der Waals surface area contributed by atoms with Gasteiger partial charge in [-0.05, 0) is 34.1 Å². The van der Waals surface area contributed by atoms with E-state index < -0.39 is 6.10 Å². The summed E-state index contributed by atoms with van der Waals surface area (Å²) >= 11 is 0. The van der Waals surface area contributed by atoms with Gasteiger partial charge in [-0.1, -0.05) is 6.92 Å². The summed E-state index contributed by atoms with van der Waals surface area (Å²) in [5.74, 6) is 0. The molecule has 0 spiro atoms. The van der Waals surface area contributed by atoms with Gasteiger partial charge in [0.1, 0.15) is 0 Å². The highest BCUT2D eigenvalue weighted by atomic mass is 16.3. The summed E-state index contributed by atoms with van der Waals surface area (Å²) in [7, 11) is 0. The van der Waals surface area contributed by atoms with E-state index in [2.05, 4.69) is 18.9 Å². The van der Waals surface area contributed by atoms with Gasteiger partial charge in [0.05, 0.1) is 11.8 Å². The lowest BCUT2D eigenvalue weighted by Gasteiger charge is -2.12. The minimum Gasteiger partial charge on any atom is -0.389 e. The van der Waals surface area contributed by atoms with Gasteiger partial charge in [-0.3, -0.25) is 4.68 Å². The second kappa shape index (κ2) is 4.13. The minimum atomic E-state index is -0.423. The van der Waals surface area contributed by atoms with Crippen LogP contribution in [0.4, 0.5) is 0 Å². The van der Waals surface area contributed by atoms with E-state index in [9.17, 15) is 5.11 Å². The standard InChI is InChI=1S/C11H20N2O/c1-6-7(2)13-9(4)11(10(5)14)8(3)12-13/h7,10,14H,6H2,1-5H3. The van der Waals surface area contributed by atoms with Gasteiger partial charge in [0.15, 0.2) is 0 Å². The van der Waals surface area contributed by atoms with Crippen molar-refractivity contribution in [2.75, 3.05) is 0 Å². The van der Waals surface area contributed by atoms with Crippen molar-refractivity contribution in [2.45, 2.75) is 53.2 Å². The van der Waals surface area contributed by atoms with Gasteiger partial charge in [-0.2, -0.15) is 5.10 Å². The fourth-order valence-corrected chi connectivity index (χ4v) is 1.88. The van der Waals surface area contributed by atoms with Crippen molar-refractivity contribution in [3.05, 3.63) is 17.0 Å². The van der Waals surface area contributed by atoms with E-state index in [1.165, 1.54) is 0 Å². The largest absolute Gasteiger partial charge is 0.389 e. The normalized spacial score (nSPS) is 15.6. The van der Waals surface area contributed by atoms with Gasteiger partial charge >= 0.3 is 0 Å². The Morgan fingerprint density at radius 2 is 1.93 bits per heavy atom. The molecule has 0 aliphatic heterocycles. The topological polar surface area (TPSA) is 38.0 Å². The third kappa shape index (κ3) is 1.82. The van der Waals surface area contributed by atoms with Crippen molar-refractivity contribution in [1.29, 1.82) is 0 Å². The van der Waals surface area contributed by atoms with Crippen LogP contribution in [0.25, 0.3) is 0 Å². The molecule has 0 fully saturated rings. The predicted molar refractivity (Wildman–Crippen MR) is 57.3 cm³/mol. The number of hydrogen-bond acceptors (Lipinski definition) is 2. The Labute approximate surface area is 85.8 Å². The van der Waals surface area contributed by atoms with Crippen molar-refractivity contribution in [1.82, 2.24) is 9.78 Å². The van der Waals surface area contributed by atoms with Gasteiger partial charge in [0.25, 0.3) is 0 Å². The highest BCUT2D eigenvalue weighted by molar-refractivity contribution is 5.26. The van der Waals surface area contributed by atoms with E-state index in [0.717, 1.165) is 23.4 Å². The number of nitrogens with zero attached hydrogens (tertiary/aromatic N) is 2. The molecule has 2 atom stereocenters. The zero-order valence-electron chi connectivity index (χ0n) is 9.70. The van der Waals surface area contributed by atoms with Crippen LogP contribution in [0.2, 0.25) is 0 Å². The first kappa shape index (κ1) is 11.2. The fraction of sp³-hybridized carbons (Fsp3) is 0.727. The molecule has 80 valence electrons. The number of rotatable bonds is 3. The average Bonchev–Trinajstić information content (AvgIpc) is 2.40. The third-order valence-electron chi connectivity index (χ3n) is 2.81. The van der Waals surface area contributed by atoms with Crippen LogP contribution in [0.15, 0.2) is 0 Å². The third-order valence-corrected chi connectivity index (χ3v) is 2.81. The molecule has 0 aliphatic rings. The first-order valence-electron chi connectivity index (χ1n) is 5.22. The van der Waals surface area contributed by atoms with Gasteiger partial charge in [-0.15, -0.1) is 0 Å². The van der Waals surface area contributed by atoms with Gasteiger partial charge < -0.3 is 5.11 Å². The molecule has 14 heavy (non-hydrogen) atoms. The Kier molecular flexibility index (Phi) is 3.32. The van der Waals surface area contributed by atoms with Crippen LogP contribution in [0, 0.1) is 13.8 Å². The van der Waals surface area contributed by atoms with Gasteiger partial charge in [-0.25, -0.2) is 0 Å². The van der Waals surface area contributed by atoms with E-state index in [4.69, 9.17) is 0 Å². The molecule has 1 aromatic heterocycles. The number of aliphatic hydroxyl groups is 1. The molecule has 2 unspecified atom stereocenters. The molecule has 0 saturated carbocycles. The monoisotopic (exact) mass is 196 g/mol. The first-order chi connectivity index (χ1) is 6.49. The van der Waals surface area contributed by atoms with E-state index in [1.54, 1.807) is 6.92 Å². The number of hydrogen-bond donors (Lipinski definition) is 1. The van der Waals surface area contributed by atoms with Gasteiger partial charge in [0.2, 0.25) is 0 Å². The summed E-state index contributed by atoms with van der Waals surface area (Å²) in [5, 5.41) is 14.1. The molecule has 1 aromatic rings. The van der Waals surface area contributed by atoms with Crippen LogP contribution in [0.3, 0.4) is 0 Å². The van der Waals surface area contributed by atoms with Crippen LogP contribution < -0.4 is 0 Å². The van der Waals surface area contributed by atoms with Crippen LogP contribution in [0.1, 0.15) is 56.3 Å². The lowest BCUT2D eigenvalue weighted by molar-refractivity contribution is 0.197. The number of aliphatic hydroxyl groups excluding tert-OH is 1. The quantitative estimate of drug-likeness (QED) is 0.806. The zero-order chi connectivity index (χ0) is 10.9. The molecule has 0 aliphatic carbocycles. The molecule has 1 heterocycles. The van der Waals surface area contributed by atoms with Crippen LogP contribution in [-0.4, -0.2) is 14.9 Å². The Hall–Kier alpha value is -0.830. The van der Waals surface area contributed by atoms with Crippen molar-refractivity contribution < 1.29 is 5.11 Å². The summed E-state index contributed by atoms with van der Waals surface area (Å²) in [4.78, 5) is 0. The fourth-order valence-electron chi connectivity index (χ4n) is 1.88. The van der Waals surface area contributed by atoms with E-state index in [-0.39, 0.29) is 0 Å². The molecule has 0 radical (unpaired) electrons. The maximum Gasteiger partial charge on any atom is 0.0797 e. The molecule has 1 N–H and O–H groups in total. The lowest BCUT2D eigenvalue weighted by Crippen LogP contribution is -2.08. The summed E-state index contributed by atoms with van der Waals surface area (Å²) < 4.78 is 2.01. The second-order valence-corrected chi connectivity index (χ2v) is 3.96. The van der Waals surface area contributed by atoms with Crippen molar-refractivity contribution in [3.8, 4) is 0 Å². The zero-order valence-corrected chi connectivity index (χ0v) is 9.70. The summed E-state index contributed by atoms with van der Waals surface area (Å²) in [6.07, 6.45) is 0.633. The maximum absolute atomic E-state index is 9.60. The highest BCUT2D eigenvalue weighted by Gasteiger charge is 2.17. The average molecular weight is 196 g/mol. The maximum atomic E-state index is 9.60. The SMILES string of the molecule is CCC(C)n1nc(C)c(C(C)O)c1C. The molecule has 0 bridgehead atoms. The molecular formula is C11H20N2O. The van der Waals surface area contributed by atoms with E-state index >= 15 is 0 Å². The first-order valence-corrected chi connectivity index (χ1v) is 5.22. The summed E-state index contributed by atoms with van der Waals surface area (Å²) in [6, 6.07) is 0.404. The Morgan fingerprint density at radius 3 is 2.29 bits per heavy atom. The van der Waals surface area contributed by atoms with Crippen molar-refractivity contribution in [3.63, 3.8) is 0 Å². The predicted octanol–water partition coefficient (Wildman–Crippen LogP) is 2.52. The van der Waals surface area contributed by atoms with E-state index in [0.29, 0.717) is 6.04 Å². The summed E-state index contributed by atoms with van der Waals surface area (Å²) in [5.41, 5.74) is 3.01. The van der Waals surface area contributed by atoms with Crippen molar-refractivity contribution in [2.24, 2.45) is 0 Å². The molecule has 3 heteroatoms. The Balaban J connectivity index is 3.16. The number of aryl methyl sites for hydroxylation is 1. The van der Waals surface area contributed by atoms with Crippen LogP contribution >= 0.6 is 0 Å². The van der Waals surface area contributed by atoms with Gasteiger partial charge in [0, 0.05) is 17.3 Å². The van der Waals surface area contributed by atoms with E-state index in [1.807, 2.05) is 18.5 Å². The van der Waals surface area contributed by atoms with Crippen LogP contribution in [0.5, 0.6) is 0 Å². The molecule has 3 nitrogen and oxygen atoms in total. The summed E-state index contributed by atoms with van der Waals surface area (Å²) in [6.45, 7) is 10.1.